The van der Waals surface area contributed by atoms with E-state index >= 15 is 0 Å². The summed E-state index contributed by atoms with van der Waals surface area (Å²) in [6.07, 6.45) is 1.46. The topological polar surface area (TPSA) is 160 Å². The predicted octanol–water partition coefficient (Wildman–Crippen LogP) is 3.51. The summed E-state index contributed by atoms with van der Waals surface area (Å²) in [5, 5.41) is 27.7. The van der Waals surface area contributed by atoms with Crippen molar-refractivity contribution in [1.29, 1.82) is 5.26 Å². The van der Waals surface area contributed by atoms with Crippen molar-refractivity contribution in [1.82, 2.24) is 19.7 Å². The molecule has 40 heavy (non-hydrogen) atoms. The molecule has 0 spiro atoms. The number of methoxy groups -OCH3 is 1. The Hall–Kier alpha value is -4.31. The molecule has 0 aliphatic rings. The standard InChI is InChI=1S/C28H29N5O6S/c1-17(2)39-16-25-31-27(34)26(28(35)33(25)24(15-38-4)21-7-5-6-19(12-21)13-29)40(36,37)22-10-8-20(9-11-22)23-14-30-32-18(23)3/h5-12,14,17,24,35H,15-16H2,1-4H3,(H,30,32). The first kappa shape index (κ1) is 28.7. The van der Waals surface area contributed by atoms with Crippen LogP contribution in [0, 0.1) is 18.3 Å². The highest BCUT2D eigenvalue weighted by atomic mass is 32.2. The van der Waals surface area contributed by atoms with E-state index in [1.54, 1.807) is 56.4 Å². The molecule has 4 rings (SSSR count). The largest absolute Gasteiger partial charge is 0.493 e. The van der Waals surface area contributed by atoms with Crippen LogP contribution in [-0.4, -0.2) is 53.1 Å². The zero-order chi connectivity index (χ0) is 29.0. The maximum absolute atomic E-state index is 13.7. The van der Waals surface area contributed by atoms with Gasteiger partial charge in [0.05, 0.1) is 41.0 Å². The molecule has 2 aromatic carbocycles. The van der Waals surface area contributed by atoms with Crippen molar-refractivity contribution in [3.63, 3.8) is 0 Å². The average molecular weight is 564 g/mol. The normalized spacial score (nSPS) is 12.4. The second kappa shape index (κ2) is 11.8. The van der Waals surface area contributed by atoms with E-state index in [1.165, 1.54) is 23.8 Å². The molecule has 0 bridgehead atoms. The molecule has 0 aliphatic heterocycles. The first-order chi connectivity index (χ1) is 19.1. The van der Waals surface area contributed by atoms with Crippen LogP contribution in [0.2, 0.25) is 0 Å². The molecule has 0 saturated heterocycles. The number of benzene rings is 2. The number of rotatable bonds is 10. The molecule has 11 nitrogen and oxygen atoms in total. The average Bonchev–Trinajstić information content (AvgIpc) is 3.36. The monoisotopic (exact) mass is 563 g/mol. The minimum absolute atomic E-state index is 0.00495. The van der Waals surface area contributed by atoms with Crippen LogP contribution in [0.4, 0.5) is 0 Å². The molecule has 2 N–H and O–H groups in total. The summed E-state index contributed by atoms with van der Waals surface area (Å²) in [6.45, 7) is 5.19. The van der Waals surface area contributed by atoms with Crippen LogP contribution >= 0.6 is 0 Å². The Morgan fingerprint density at radius 3 is 2.50 bits per heavy atom. The zero-order valence-corrected chi connectivity index (χ0v) is 23.3. The van der Waals surface area contributed by atoms with Gasteiger partial charge in [-0.2, -0.15) is 15.3 Å². The number of hydrogen-bond donors (Lipinski definition) is 2. The van der Waals surface area contributed by atoms with Crippen molar-refractivity contribution in [2.45, 2.75) is 49.3 Å². The van der Waals surface area contributed by atoms with Crippen LogP contribution in [0.5, 0.6) is 5.88 Å². The quantitative estimate of drug-likeness (QED) is 0.294. The van der Waals surface area contributed by atoms with E-state index in [0.717, 1.165) is 16.8 Å². The van der Waals surface area contributed by atoms with Crippen molar-refractivity contribution in [2.75, 3.05) is 13.7 Å². The van der Waals surface area contributed by atoms with Crippen LogP contribution in [0.25, 0.3) is 11.1 Å². The van der Waals surface area contributed by atoms with E-state index in [0.29, 0.717) is 11.1 Å². The van der Waals surface area contributed by atoms with Gasteiger partial charge in [-0.1, -0.05) is 24.3 Å². The highest BCUT2D eigenvalue weighted by molar-refractivity contribution is 7.91. The number of aromatic nitrogens is 4. The molecule has 12 heteroatoms. The van der Waals surface area contributed by atoms with Gasteiger partial charge in [0.1, 0.15) is 12.4 Å². The third-order valence-corrected chi connectivity index (χ3v) is 8.08. The lowest BCUT2D eigenvalue weighted by atomic mass is 10.0. The van der Waals surface area contributed by atoms with Crippen LogP contribution in [0.1, 0.15) is 42.5 Å². The van der Waals surface area contributed by atoms with Crippen molar-refractivity contribution in [3.05, 3.63) is 87.7 Å². The fourth-order valence-electron chi connectivity index (χ4n) is 4.33. The Bertz CT molecular complexity index is 1720. The first-order valence-corrected chi connectivity index (χ1v) is 13.9. The minimum Gasteiger partial charge on any atom is -0.493 e. The fourth-order valence-corrected chi connectivity index (χ4v) is 5.67. The highest BCUT2D eigenvalue weighted by Gasteiger charge is 2.32. The molecule has 0 aliphatic carbocycles. The van der Waals surface area contributed by atoms with Crippen LogP contribution in [0.3, 0.4) is 0 Å². The van der Waals surface area contributed by atoms with Gasteiger partial charge in [-0.15, -0.1) is 0 Å². The number of nitrogens with zero attached hydrogens (tertiary/aromatic N) is 4. The lowest BCUT2D eigenvalue weighted by Crippen LogP contribution is -2.29. The van der Waals surface area contributed by atoms with Gasteiger partial charge in [-0.05, 0) is 56.2 Å². The molecule has 2 heterocycles. The third kappa shape index (κ3) is 5.67. The lowest BCUT2D eigenvalue weighted by molar-refractivity contribution is 0.0554. The van der Waals surface area contributed by atoms with Crippen molar-refractivity contribution < 1.29 is 23.0 Å². The second-order valence-corrected chi connectivity index (χ2v) is 11.2. The van der Waals surface area contributed by atoms with Gasteiger partial charge in [0.2, 0.25) is 15.7 Å². The van der Waals surface area contributed by atoms with Gasteiger partial charge in [0, 0.05) is 18.9 Å². The summed E-state index contributed by atoms with van der Waals surface area (Å²) in [5.41, 5.74) is 2.04. The maximum Gasteiger partial charge on any atom is 0.296 e. The maximum atomic E-state index is 13.7. The number of nitriles is 1. The number of nitrogens with one attached hydrogen (secondary N) is 1. The molecule has 208 valence electrons. The number of aryl methyl sites for hydroxylation is 1. The molecule has 0 amide bonds. The van der Waals surface area contributed by atoms with E-state index in [4.69, 9.17) is 9.47 Å². The van der Waals surface area contributed by atoms with E-state index in [9.17, 15) is 23.6 Å². The van der Waals surface area contributed by atoms with Gasteiger partial charge in [0.15, 0.2) is 4.90 Å². The van der Waals surface area contributed by atoms with Crippen LogP contribution < -0.4 is 5.56 Å². The number of H-pyrrole nitrogens is 1. The van der Waals surface area contributed by atoms with E-state index in [-0.39, 0.29) is 30.0 Å². The summed E-state index contributed by atoms with van der Waals surface area (Å²) in [5.74, 6) is -0.799. The summed E-state index contributed by atoms with van der Waals surface area (Å²) in [6, 6.07) is 13.7. The van der Waals surface area contributed by atoms with Crippen LogP contribution in [0.15, 0.2) is 69.3 Å². The smallest absolute Gasteiger partial charge is 0.296 e. The van der Waals surface area contributed by atoms with Crippen molar-refractivity contribution >= 4 is 9.84 Å². The van der Waals surface area contributed by atoms with E-state index in [2.05, 4.69) is 21.3 Å². The molecular formula is C28H29N5O6S. The van der Waals surface area contributed by atoms with Gasteiger partial charge in [0.25, 0.3) is 5.56 Å². The molecule has 0 fully saturated rings. The predicted molar refractivity (Wildman–Crippen MR) is 145 cm³/mol. The van der Waals surface area contributed by atoms with Gasteiger partial charge in [-0.25, -0.2) is 8.42 Å². The Morgan fingerprint density at radius 1 is 1.18 bits per heavy atom. The minimum atomic E-state index is -4.51. The number of ether oxygens (including phenoxy) is 2. The SMILES string of the molecule is COCC(c1cccc(C#N)c1)n1c(COC(C)C)nc(=O)c(S(=O)(=O)c2ccc(-c3c[nH]nc3C)cc2)c1O. The molecule has 0 radical (unpaired) electrons. The second-order valence-electron chi connectivity index (χ2n) is 9.34. The Morgan fingerprint density at radius 2 is 1.90 bits per heavy atom. The molecule has 2 aromatic heterocycles. The lowest BCUT2D eigenvalue weighted by Gasteiger charge is -2.26. The van der Waals surface area contributed by atoms with Gasteiger partial charge < -0.3 is 14.6 Å². The Balaban J connectivity index is 1.90. The summed E-state index contributed by atoms with van der Waals surface area (Å²) in [4.78, 5) is 16.2. The summed E-state index contributed by atoms with van der Waals surface area (Å²) >= 11 is 0. The Kier molecular flexibility index (Phi) is 8.49. The number of sulfone groups is 1. The highest BCUT2D eigenvalue weighted by Crippen LogP contribution is 2.33. The van der Waals surface area contributed by atoms with Crippen molar-refractivity contribution in [2.24, 2.45) is 0 Å². The first-order valence-electron chi connectivity index (χ1n) is 12.4. The number of aromatic amines is 1. The fraction of sp³-hybridized carbons (Fsp3) is 0.286. The molecule has 1 atom stereocenters. The zero-order valence-electron chi connectivity index (χ0n) is 22.5. The Labute approximate surface area is 231 Å². The third-order valence-electron chi connectivity index (χ3n) is 6.29. The van der Waals surface area contributed by atoms with Gasteiger partial charge in [-0.3, -0.25) is 14.5 Å². The van der Waals surface area contributed by atoms with E-state index < -0.39 is 32.2 Å². The summed E-state index contributed by atoms with van der Waals surface area (Å²) in [7, 11) is -3.07. The number of hydrogen-bond acceptors (Lipinski definition) is 9. The molecule has 1 unspecified atom stereocenters. The van der Waals surface area contributed by atoms with Crippen LogP contribution in [-0.2, 0) is 25.9 Å². The summed E-state index contributed by atoms with van der Waals surface area (Å²) < 4.78 is 39.8. The van der Waals surface area contributed by atoms with Gasteiger partial charge >= 0.3 is 0 Å². The molecule has 4 aromatic rings. The number of aromatic hydroxyl groups is 1. The van der Waals surface area contributed by atoms with E-state index in [1.807, 2.05) is 6.92 Å². The molecular weight excluding hydrogens is 534 g/mol. The van der Waals surface area contributed by atoms with Crippen molar-refractivity contribution in [3.8, 4) is 23.1 Å². The molecule has 0 saturated carbocycles.